The molecule has 2 aliphatic rings. The fourth-order valence-electron chi connectivity index (χ4n) is 4.57. The van der Waals surface area contributed by atoms with Gasteiger partial charge in [-0.2, -0.15) is 5.10 Å². The van der Waals surface area contributed by atoms with Gasteiger partial charge >= 0.3 is 5.69 Å². The summed E-state index contributed by atoms with van der Waals surface area (Å²) in [6.45, 7) is 1.26. The van der Waals surface area contributed by atoms with Crippen molar-refractivity contribution in [2.45, 2.75) is 37.3 Å². The summed E-state index contributed by atoms with van der Waals surface area (Å²) in [4.78, 5) is 27.9. The van der Waals surface area contributed by atoms with Gasteiger partial charge in [0.2, 0.25) is 5.91 Å². The lowest BCUT2D eigenvalue weighted by molar-refractivity contribution is -0.134. The van der Waals surface area contributed by atoms with Gasteiger partial charge in [-0.3, -0.25) is 4.79 Å². The van der Waals surface area contributed by atoms with Gasteiger partial charge in [-0.25, -0.2) is 24.9 Å². The van der Waals surface area contributed by atoms with Crippen molar-refractivity contribution >= 4 is 5.91 Å². The van der Waals surface area contributed by atoms with Crippen LogP contribution in [0.15, 0.2) is 57.9 Å². The van der Waals surface area contributed by atoms with Gasteiger partial charge in [-0.1, -0.05) is 18.2 Å². The lowest BCUT2D eigenvalue weighted by Gasteiger charge is -2.33. The molecule has 0 aliphatic carbocycles. The number of nitrogens with zero attached hydrogens (tertiary/aromatic N) is 4. The van der Waals surface area contributed by atoms with Gasteiger partial charge in [-0.05, 0) is 43.5 Å². The van der Waals surface area contributed by atoms with Gasteiger partial charge in [0.15, 0.2) is 0 Å². The van der Waals surface area contributed by atoms with Crippen LogP contribution in [0.5, 0.6) is 0 Å². The maximum Gasteiger partial charge on any atom is 0.350 e. The maximum absolute atomic E-state index is 13.2. The number of para-hydroxylation sites is 1. The largest absolute Gasteiger partial charge is 0.468 e. The van der Waals surface area contributed by atoms with E-state index in [0.29, 0.717) is 25.3 Å². The van der Waals surface area contributed by atoms with Crippen molar-refractivity contribution < 1.29 is 9.21 Å². The Balaban J connectivity index is 1.34. The first-order valence-electron chi connectivity index (χ1n) is 10.7. The van der Waals surface area contributed by atoms with E-state index in [1.54, 1.807) is 17.9 Å². The van der Waals surface area contributed by atoms with Crippen LogP contribution in [-0.2, 0) is 11.8 Å². The van der Waals surface area contributed by atoms with Crippen molar-refractivity contribution in [2.24, 2.45) is 7.05 Å². The molecule has 2 aliphatic heterocycles. The Morgan fingerprint density at radius 1 is 1.16 bits per heavy atom. The Hall–Kier alpha value is -3.17. The van der Waals surface area contributed by atoms with E-state index in [1.807, 2.05) is 47.4 Å². The number of hydrogen-bond acceptors (Lipinski definition) is 6. The Kier molecular flexibility index (Phi) is 5.21. The quantitative estimate of drug-likeness (QED) is 0.661. The molecule has 31 heavy (non-hydrogen) atoms. The zero-order valence-corrected chi connectivity index (χ0v) is 17.4. The number of piperidine rings is 1. The molecule has 0 radical (unpaired) electrons. The van der Waals surface area contributed by atoms with E-state index in [0.717, 1.165) is 24.3 Å². The third kappa shape index (κ3) is 3.70. The summed E-state index contributed by atoms with van der Waals surface area (Å²) in [5.74, 6) is 1.60. The average molecular weight is 422 g/mol. The summed E-state index contributed by atoms with van der Waals surface area (Å²) >= 11 is 0. The Bertz CT molecular complexity index is 1100. The van der Waals surface area contributed by atoms with E-state index < -0.39 is 0 Å². The zero-order chi connectivity index (χ0) is 21.4. The number of carbonyl (C=O) groups excluding carboxylic acids is 1. The van der Waals surface area contributed by atoms with Crippen molar-refractivity contribution in [3.63, 3.8) is 0 Å². The highest BCUT2D eigenvalue weighted by molar-refractivity contribution is 5.82. The van der Waals surface area contributed by atoms with Crippen LogP contribution in [0.25, 0.3) is 5.69 Å². The number of aryl methyl sites for hydroxylation is 1. The molecule has 2 aromatic heterocycles. The van der Waals surface area contributed by atoms with Crippen LogP contribution in [0.3, 0.4) is 0 Å². The number of nitrogens with one attached hydrogen (secondary N) is 2. The summed E-state index contributed by atoms with van der Waals surface area (Å²) in [7, 11) is 1.67. The topological polar surface area (TPSA) is 97.3 Å². The average Bonchev–Trinajstić information content (AvgIpc) is 3.55. The van der Waals surface area contributed by atoms with Gasteiger partial charge < -0.3 is 9.32 Å². The van der Waals surface area contributed by atoms with E-state index >= 15 is 0 Å². The van der Waals surface area contributed by atoms with Crippen LogP contribution in [0, 0.1) is 0 Å². The number of likely N-dealkylation sites (tertiary alicyclic amines) is 1. The van der Waals surface area contributed by atoms with Crippen molar-refractivity contribution in [1.29, 1.82) is 0 Å². The zero-order valence-electron chi connectivity index (χ0n) is 17.4. The second-order valence-corrected chi connectivity index (χ2v) is 8.20. The molecule has 1 aromatic carbocycles. The first-order chi connectivity index (χ1) is 15.1. The number of benzene rings is 1. The monoisotopic (exact) mass is 422 g/mol. The van der Waals surface area contributed by atoms with Crippen LogP contribution in [0.1, 0.15) is 42.8 Å². The second kappa shape index (κ2) is 8.16. The highest BCUT2D eigenvalue weighted by atomic mass is 16.3. The summed E-state index contributed by atoms with van der Waals surface area (Å²) in [6.07, 6.45) is 4.03. The fourth-order valence-corrected chi connectivity index (χ4v) is 4.57. The van der Waals surface area contributed by atoms with Gasteiger partial charge in [0.05, 0.1) is 18.0 Å². The second-order valence-electron chi connectivity index (χ2n) is 8.20. The number of amides is 1. The van der Waals surface area contributed by atoms with E-state index in [2.05, 4.69) is 16.0 Å². The predicted molar refractivity (Wildman–Crippen MR) is 113 cm³/mol. The summed E-state index contributed by atoms with van der Waals surface area (Å²) in [5, 5.41) is 4.54. The third-order valence-electron chi connectivity index (χ3n) is 6.15. The van der Waals surface area contributed by atoms with Crippen molar-refractivity contribution in [3.05, 3.63) is 70.8 Å². The third-order valence-corrected chi connectivity index (χ3v) is 6.15. The maximum atomic E-state index is 13.2. The van der Waals surface area contributed by atoms with Crippen molar-refractivity contribution in [1.82, 2.24) is 30.1 Å². The molecule has 4 heterocycles. The molecule has 0 spiro atoms. The van der Waals surface area contributed by atoms with Gasteiger partial charge in [-0.15, -0.1) is 0 Å². The fraction of sp³-hybridized carbons (Fsp3) is 0.409. The predicted octanol–water partition coefficient (Wildman–Crippen LogP) is 1.48. The van der Waals surface area contributed by atoms with Crippen LogP contribution < -0.4 is 16.5 Å². The molecule has 9 heteroatoms. The highest BCUT2D eigenvalue weighted by Gasteiger charge is 2.37. The first-order valence-corrected chi connectivity index (χ1v) is 10.7. The molecule has 3 aromatic rings. The SMILES string of the molecule is Cn1nc(C2CCCN(C(=O)C3CC(c4ccco4)NN3)C2)n(-c2ccccc2)c1=O. The van der Waals surface area contributed by atoms with E-state index in [9.17, 15) is 9.59 Å². The van der Waals surface area contributed by atoms with Crippen LogP contribution in [0.4, 0.5) is 0 Å². The molecular formula is C22H26N6O3. The molecule has 3 unspecified atom stereocenters. The molecule has 2 N–H and O–H groups in total. The molecule has 1 amide bonds. The number of carbonyl (C=O) groups is 1. The minimum Gasteiger partial charge on any atom is -0.468 e. The molecule has 2 fully saturated rings. The summed E-state index contributed by atoms with van der Waals surface area (Å²) < 4.78 is 8.51. The van der Waals surface area contributed by atoms with Crippen molar-refractivity contribution in [3.8, 4) is 5.69 Å². The van der Waals surface area contributed by atoms with E-state index in [4.69, 9.17) is 4.42 Å². The van der Waals surface area contributed by atoms with E-state index in [1.165, 1.54) is 4.68 Å². The van der Waals surface area contributed by atoms with Gasteiger partial charge in [0, 0.05) is 26.1 Å². The Labute approximate surface area is 179 Å². The van der Waals surface area contributed by atoms with Crippen LogP contribution >= 0.6 is 0 Å². The van der Waals surface area contributed by atoms with Gasteiger partial charge in [0.1, 0.15) is 17.6 Å². The number of aromatic nitrogens is 3. The normalized spacial score (nSPS) is 23.9. The summed E-state index contributed by atoms with van der Waals surface area (Å²) in [5.41, 5.74) is 6.90. The Morgan fingerprint density at radius 3 is 2.77 bits per heavy atom. The lowest BCUT2D eigenvalue weighted by atomic mass is 9.96. The first kappa shape index (κ1) is 19.8. The highest BCUT2D eigenvalue weighted by Crippen LogP contribution is 2.29. The summed E-state index contributed by atoms with van der Waals surface area (Å²) in [6, 6.07) is 13.0. The number of hydrazine groups is 1. The van der Waals surface area contributed by atoms with Crippen LogP contribution in [-0.4, -0.2) is 44.3 Å². The smallest absolute Gasteiger partial charge is 0.350 e. The number of furan rings is 1. The minimum atomic E-state index is -0.311. The molecule has 2 saturated heterocycles. The molecular weight excluding hydrogens is 396 g/mol. The Morgan fingerprint density at radius 2 is 2.00 bits per heavy atom. The molecule has 0 bridgehead atoms. The molecule has 0 saturated carbocycles. The van der Waals surface area contributed by atoms with Crippen molar-refractivity contribution in [2.75, 3.05) is 13.1 Å². The number of rotatable bonds is 4. The molecule has 162 valence electrons. The van der Waals surface area contributed by atoms with Gasteiger partial charge in [0.25, 0.3) is 0 Å². The van der Waals surface area contributed by atoms with Crippen LogP contribution in [0.2, 0.25) is 0 Å². The molecule has 9 nitrogen and oxygen atoms in total. The lowest BCUT2D eigenvalue weighted by Crippen LogP contribution is -2.49. The number of hydrogen-bond donors (Lipinski definition) is 2. The standard InChI is InChI=1S/C22H26N6O3/c1-26-22(30)28(16-8-3-2-4-9-16)20(25-26)15-7-5-11-27(14-15)21(29)18-13-17(23-24-18)19-10-6-12-31-19/h2-4,6,8-10,12,15,17-18,23-24H,5,7,11,13-14H2,1H3. The minimum absolute atomic E-state index is 0.00189. The molecule has 3 atom stereocenters. The van der Waals surface area contributed by atoms with E-state index in [-0.39, 0.29) is 29.6 Å². The molecule has 5 rings (SSSR count).